The molecule has 0 saturated carbocycles. The van der Waals surface area contributed by atoms with Crippen LogP contribution in [-0.4, -0.2) is 19.1 Å². The van der Waals surface area contributed by atoms with Gasteiger partial charge in [0.1, 0.15) is 5.75 Å². The SMILES string of the molecule is C=C(C)C(=O)NCCCCCCOc1ccccc1. The predicted molar refractivity (Wildman–Crippen MR) is 78.2 cm³/mol. The van der Waals surface area contributed by atoms with Gasteiger partial charge in [-0.3, -0.25) is 4.79 Å². The summed E-state index contributed by atoms with van der Waals surface area (Å²) in [4.78, 5) is 11.2. The molecular formula is C16H23NO2. The van der Waals surface area contributed by atoms with Crippen molar-refractivity contribution in [3.8, 4) is 5.75 Å². The topological polar surface area (TPSA) is 38.3 Å². The van der Waals surface area contributed by atoms with Crippen molar-refractivity contribution in [3.05, 3.63) is 42.5 Å². The lowest BCUT2D eigenvalue weighted by Gasteiger charge is -2.06. The number of nitrogens with one attached hydrogen (secondary N) is 1. The van der Waals surface area contributed by atoms with Crippen LogP contribution in [0.25, 0.3) is 0 Å². The molecule has 19 heavy (non-hydrogen) atoms. The molecule has 0 radical (unpaired) electrons. The highest BCUT2D eigenvalue weighted by Crippen LogP contribution is 2.09. The molecule has 3 heteroatoms. The zero-order valence-electron chi connectivity index (χ0n) is 11.7. The van der Waals surface area contributed by atoms with Crippen LogP contribution in [0.4, 0.5) is 0 Å². The number of carbonyl (C=O) groups excluding carboxylic acids is 1. The lowest BCUT2D eigenvalue weighted by molar-refractivity contribution is -0.117. The summed E-state index contributed by atoms with van der Waals surface area (Å²) in [6.45, 7) is 6.79. The van der Waals surface area contributed by atoms with Crippen molar-refractivity contribution in [3.63, 3.8) is 0 Å². The van der Waals surface area contributed by atoms with E-state index in [1.165, 1.54) is 0 Å². The zero-order chi connectivity index (χ0) is 13.9. The van der Waals surface area contributed by atoms with Gasteiger partial charge >= 0.3 is 0 Å². The van der Waals surface area contributed by atoms with Gasteiger partial charge in [0.05, 0.1) is 6.61 Å². The van der Waals surface area contributed by atoms with Crippen LogP contribution in [-0.2, 0) is 4.79 Å². The summed E-state index contributed by atoms with van der Waals surface area (Å²) in [5.74, 6) is 0.878. The first-order chi connectivity index (χ1) is 9.20. The van der Waals surface area contributed by atoms with E-state index in [4.69, 9.17) is 4.74 Å². The molecule has 0 aliphatic rings. The first-order valence-corrected chi connectivity index (χ1v) is 6.81. The Labute approximate surface area is 115 Å². The van der Waals surface area contributed by atoms with Crippen molar-refractivity contribution in [2.45, 2.75) is 32.6 Å². The van der Waals surface area contributed by atoms with Gasteiger partial charge in [0, 0.05) is 12.1 Å². The average Bonchev–Trinajstić information content (AvgIpc) is 2.42. The van der Waals surface area contributed by atoms with Crippen LogP contribution in [0, 0.1) is 0 Å². The number of hydrogen-bond acceptors (Lipinski definition) is 2. The van der Waals surface area contributed by atoms with Crippen molar-refractivity contribution < 1.29 is 9.53 Å². The number of rotatable bonds is 9. The van der Waals surface area contributed by atoms with Gasteiger partial charge in [-0.1, -0.05) is 37.6 Å². The van der Waals surface area contributed by atoms with Gasteiger partial charge in [-0.15, -0.1) is 0 Å². The number of para-hydroxylation sites is 1. The molecule has 104 valence electrons. The molecular weight excluding hydrogens is 238 g/mol. The zero-order valence-corrected chi connectivity index (χ0v) is 11.7. The number of carbonyl (C=O) groups is 1. The molecule has 0 unspecified atom stereocenters. The molecule has 0 aliphatic carbocycles. The van der Waals surface area contributed by atoms with Crippen LogP contribution in [0.5, 0.6) is 5.75 Å². The summed E-state index contributed by atoms with van der Waals surface area (Å²) in [6, 6.07) is 9.85. The first kappa shape index (κ1) is 15.3. The third kappa shape index (κ3) is 7.29. The van der Waals surface area contributed by atoms with Crippen molar-refractivity contribution in [2.24, 2.45) is 0 Å². The Kier molecular flexibility index (Phi) is 7.40. The Balaban J connectivity index is 1.92. The fraction of sp³-hybridized carbons (Fsp3) is 0.438. The van der Waals surface area contributed by atoms with E-state index in [0.717, 1.165) is 44.6 Å². The summed E-state index contributed by atoms with van der Waals surface area (Å²) in [5.41, 5.74) is 0.566. The van der Waals surface area contributed by atoms with Gasteiger partial charge in [0.2, 0.25) is 5.91 Å². The maximum Gasteiger partial charge on any atom is 0.246 e. The molecule has 1 aromatic rings. The first-order valence-electron chi connectivity index (χ1n) is 6.81. The van der Waals surface area contributed by atoms with Gasteiger partial charge in [-0.25, -0.2) is 0 Å². The van der Waals surface area contributed by atoms with Gasteiger partial charge in [-0.2, -0.15) is 0 Å². The third-order valence-electron chi connectivity index (χ3n) is 2.76. The van der Waals surface area contributed by atoms with Crippen LogP contribution in [0.2, 0.25) is 0 Å². The van der Waals surface area contributed by atoms with Crippen LogP contribution in [0.3, 0.4) is 0 Å². The number of ether oxygens (including phenoxy) is 1. The summed E-state index contributed by atoms with van der Waals surface area (Å²) < 4.78 is 5.60. The number of unbranched alkanes of at least 4 members (excludes halogenated alkanes) is 3. The molecule has 0 aliphatic heterocycles. The summed E-state index contributed by atoms with van der Waals surface area (Å²) >= 11 is 0. The molecule has 0 aromatic heterocycles. The van der Waals surface area contributed by atoms with Gasteiger partial charge in [0.15, 0.2) is 0 Å². The molecule has 1 amide bonds. The Morgan fingerprint density at radius 2 is 1.84 bits per heavy atom. The second-order valence-corrected chi connectivity index (χ2v) is 4.61. The smallest absolute Gasteiger partial charge is 0.246 e. The van der Waals surface area contributed by atoms with Crippen LogP contribution in [0.15, 0.2) is 42.5 Å². The largest absolute Gasteiger partial charge is 0.494 e. The van der Waals surface area contributed by atoms with E-state index in [9.17, 15) is 4.79 Å². The molecule has 0 saturated heterocycles. The Morgan fingerprint density at radius 1 is 1.16 bits per heavy atom. The summed E-state index contributed by atoms with van der Waals surface area (Å²) in [7, 11) is 0. The summed E-state index contributed by atoms with van der Waals surface area (Å²) in [5, 5.41) is 2.83. The van der Waals surface area contributed by atoms with E-state index in [2.05, 4.69) is 11.9 Å². The lowest BCUT2D eigenvalue weighted by Crippen LogP contribution is -2.24. The van der Waals surface area contributed by atoms with E-state index in [1.807, 2.05) is 30.3 Å². The molecule has 3 nitrogen and oxygen atoms in total. The number of benzene rings is 1. The van der Waals surface area contributed by atoms with Crippen molar-refractivity contribution >= 4 is 5.91 Å². The highest BCUT2D eigenvalue weighted by molar-refractivity contribution is 5.91. The molecule has 0 heterocycles. The highest BCUT2D eigenvalue weighted by Gasteiger charge is 1.99. The average molecular weight is 261 g/mol. The van der Waals surface area contributed by atoms with Crippen molar-refractivity contribution in [1.29, 1.82) is 0 Å². The fourth-order valence-electron chi connectivity index (χ4n) is 1.64. The van der Waals surface area contributed by atoms with E-state index >= 15 is 0 Å². The van der Waals surface area contributed by atoms with Crippen LogP contribution < -0.4 is 10.1 Å². The molecule has 1 aromatic carbocycles. The van der Waals surface area contributed by atoms with Crippen molar-refractivity contribution in [1.82, 2.24) is 5.32 Å². The minimum absolute atomic E-state index is 0.0487. The van der Waals surface area contributed by atoms with Crippen LogP contribution in [0.1, 0.15) is 32.6 Å². The Morgan fingerprint density at radius 3 is 2.53 bits per heavy atom. The molecule has 0 fully saturated rings. The monoisotopic (exact) mass is 261 g/mol. The molecule has 0 atom stereocenters. The fourth-order valence-corrected chi connectivity index (χ4v) is 1.64. The third-order valence-corrected chi connectivity index (χ3v) is 2.76. The highest BCUT2D eigenvalue weighted by atomic mass is 16.5. The van der Waals surface area contributed by atoms with E-state index in [0.29, 0.717) is 5.57 Å². The minimum Gasteiger partial charge on any atom is -0.494 e. The van der Waals surface area contributed by atoms with Gasteiger partial charge in [0.25, 0.3) is 0 Å². The van der Waals surface area contributed by atoms with E-state index in [-0.39, 0.29) is 5.91 Å². The number of amides is 1. The predicted octanol–water partition coefficient (Wildman–Crippen LogP) is 3.32. The lowest BCUT2D eigenvalue weighted by atomic mass is 10.2. The second-order valence-electron chi connectivity index (χ2n) is 4.61. The number of hydrogen-bond donors (Lipinski definition) is 1. The Hall–Kier alpha value is -1.77. The maximum absolute atomic E-state index is 11.2. The second kappa shape index (κ2) is 9.20. The van der Waals surface area contributed by atoms with Crippen molar-refractivity contribution in [2.75, 3.05) is 13.2 Å². The standard InChI is InChI=1S/C16H23NO2/c1-14(2)16(18)17-12-8-3-4-9-13-19-15-10-6-5-7-11-15/h5-7,10-11H,1,3-4,8-9,12-13H2,2H3,(H,17,18). The normalized spacial score (nSPS) is 9.95. The molecule has 0 spiro atoms. The maximum atomic E-state index is 11.2. The van der Waals surface area contributed by atoms with E-state index in [1.54, 1.807) is 6.92 Å². The molecule has 1 rings (SSSR count). The van der Waals surface area contributed by atoms with E-state index < -0.39 is 0 Å². The Bertz CT molecular complexity index is 387. The molecule has 0 bridgehead atoms. The van der Waals surface area contributed by atoms with Gasteiger partial charge in [-0.05, 0) is 31.9 Å². The summed E-state index contributed by atoms with van der Waals surface area (Å²) in [6.07, 6.45) is 4.28. The van der Waals surface area contributed by atoms with Gasteiger partial charge < -0.3 is 10.1 Å². The quantitative estimate of drug-likeness (QED) is 0.547. The molecule has 1 N–H and O–H groups in total. The minimum atomic E-state index is -0.0487. The van der Waals surface area contributed by atoms with Crippen LogP contribution >= 0.6 is 0 Å².